The standard InChI is InChI=1S/C25H40O5S/c1-3-4-5-6-7-8-9-10-11-12-15-20-16-13-14-17-21(20)24(23(30-2)25(28)29)31-19-18-22(26)27/h13-14,16-17,23-24H,3-12,15,18-19H2,1-2H3,(H,26,27)(H,28,29). The molecule has 2 unspecified atom stereocenters. The van der Waals surface area contributed by atoms with Crippen LogP contribution in [0.25, 0.3) is 0 Å². The molecule has 0 saturated carbocycles. The normalized spacial score (nSPS) is 13.1. The Bertz CT molecular complexity index is 634. The first-order valence-electron chi connectivity index (χ1n) is 11.7. The molecule has 0 aliphatic rings. The Kier molecular flexibility index (Phi) is 15.2. The van der Waals surface area contributed by atoms with Gasteiger partial charge in [-0.2, -0.15) is 0 Å². The van der Waals surface area contributed by atoms with Crippen molar-refractivity contribution in [2.75, 3.05) is 12.9 Å². The Morgan fingerprint density at radius 1 is 0.935 bits per heavy atom. The van der Waals surface area contributed by atoms with E-state index in [0.717, 1.165) is 24.0 Å². The highest BCUT2D eigenvalue weighted by atomic mass is 32.2. The summed E-state index contributed by atoms with van der Waals surface area (Å²) in [6.45, 7) is 2.24. The number of aryl methyl sites for hydroxylation is 1. The third-order valence-corrected chi connectivity index (χ3v) is 6.85. The van der Waals surface area contributed by atoms with Gasteiger partial charge in [0.15, 0.2) is 6.10 Å². The van der Waals surface area contributed by atoms with Gasteiger partial charge in [0.1, 0.15) is 0 Å². The van der Waals surface area contributed by atoms with Gasteiger partial charge >= 0.3 is 11.9 Å². The van der Waals surface area contributed by atoms with Crippen LogP contribution in [0.2, 0.25) is 0 Å². The molecule has 0 aliphatic heterocycles. The molecule has 1 aromatic rings. The van der Waals surface area contributed by atoms with Crippen LogP contribution in [0.5, 0.6) is 0 Å². The molecule has 0 bridgehead atoms. The largest absolute Gasteiger partial charge is 0.481 e. The number of carboxylic acid groups (broad SMARTS) is 2. The fourth-order valence-electron chi connectivity index (χ4n) is 3.81. The van der Waals surface area contributed by atoms with E-state index < -0.39 is 23.3 Å². The Morgan fingerprint density at radius 3 is 2.06 bits per heavy atom. The Labute approximate surface area is 192 Å². The van der Waals surface area contributed by atoms with Gasteiger partial charge < -0.3 is 14.9 Å². The number of unbranched alkanes of at least 4 members (excludes halogenated alkanes) is 9. The highest BCUT2D eigenvalue weighted by Gasteiger charge is 2.31. The van der Waals surface area contributed by atoms with Gasteiger partial charge in [0.25, 0.3) is 0 Å². The van der Waals surface area contributed by atoms with Crippen molar-refractivity contribution in [2.24, 2.45) is 0 Å². The molecule has 2 N–H and O–H groups in total. The first-order valence-corrected chi connectivity index (χ1v) is 12.7. The van der Waals surface area contributed by atoms with Gasteiger partial charge in [-0.15, -0.1) is 11.8 Å². The minimum Gasteiger partial charge on any atom is -0.481 e. The lowest BCUT2D eigenvalue weighted by Crippen LogP contribution is -2.29. The number of thioether (sulfide) groups is 1. The maximum atomic E-state index is 11.7. The Balaban J connectivity index is 2.60. The van der Waals surface area contributed by atoms with Crippen molar-refractivity contribution in [3.63, 3.8) is 0 Å². The highest BCUT2D eigenvalue weighted by molar-refractivity contribution is 7.99. The molecule has 5 nitrogen and oxygen atoms in total. The minimum atomic E-state index is -1.02. The summed E-state index contributed by atoms with van der Waals surface area (Å²) in [6, 6.07) is 7.91. The SMILES string of the molecule is CCCCCCCCCCCCc1ccccc1C(SCCC(=O)O)C(OC)C(=O)O. The van der Waals surface area contributed by atoms with Crippen molar-refractivity contribution in [3.8, 4) is 0 Å². The highest BCUT2D eigenvalue weighted by Crippen LogP contribution is 2.36. The lowest BCUT2D eigenvalue weighted by Gasteiger charge is -2.25. The summed E-state index contributed by atoms with van der Waals surface area (Å²) in [5, 5.41) is 18.1. The fourth-order valence-corrected chi connectivity index (χ4v) is 5.17. The Hall–Kier alpha value is -1.53. The second kappa shape index (κ2) is 17.1. The second-order valence-electron chi connectivity index (χ2n) is 8.06. The average Bonchev–Trinajstić information content (AvgIpc) is 2.74. The summed E-state index contributed by atoms with van der Waals surface area (Å²) in [4.78, 5) is 22.7. The first-order chi connectivity index (χ1) is 15.0. The first kappa shape index (κ1) is 27.5. The number of hydrogen-bond acceptors (Lipinski definition) is 4. The fraction of sp³-hybridized carbons (Fsp3) is 0.680. The molecule has 0 amide bonds. The van der Waals surface area contributed by atoms with E-state index in [1.807, 2.05) is 18.2 Å². The number of rotatable bonds is 19. The van der Waals surface area contributed by atoms with Crippen LogP contribution in [0.3, 0.4) is 0 Å². The van der Waals surface area contributed by atoms with Crippen molar-refractivity contribution < 1.29 is 24.5 Å². The van der Waals surface area contributed by atoms with Crippen LogP contribution in [0.4, 0.5) is 0 Å². The number of ether oxygens (including phenoxy) is 1. The summed E-state index contributed by atoms with van der Waals surface area (Å²) < 4.78 is 5.28. The number of benzene rings is 1. The zero-order valence-corrected chi connectivity index (χ0v) is 20.0. The summed E-state index contributed by atoms with van der Waals surface area (Å²) in [5.74, 6) is -1.56. The zero-order valence-electron chi connectivity index (χ0n) is 19.2. The van der Waals surface area contributed by atoms with Gasteiger partial charge in [-0.1, -0.05) is 89.0 Å². The van der Waals surface area contributed by atoms with Gasteiger partial charge in [0, 0.05) is 12.9 Å². The summed E-state index contributed by atoms with van der Waals surface area (Å²) in [5.41, 5.74) is 2.08. The van der Waals surface area contributed by atoms with E-state index in [9.17, 15) is 14.7 Å². The number of carboxylic acids is 2. The van der Waals surface area contributed by atoms with E-state index in [0.29, 0.717) is 5.75 Å². The molecule has 0 spiro atoms. The molecule has 0 radical (unpaired) electrons. The van der Waals surface area contributed by atoms with Crippen LogP contribution >= 0.6 is 11.8 Å². The molecular formula is C25H40O5S. The van der Waals surface area contributed by atoms with Crippen LogP contribution in [0.15, 0.2) is 24.3 Å². The molecule has 1 aromatic carbocycles. The van der Waals surface area contributed by atoms with E-state index in [2.05, 4.69) is 13.0 Å². The molecule has 0 aliphatic carbocycles. The van der Waals surface area contributed by atoms with E-state index in [4.69, 9.17) is 9.84 Å². The third-order valence-electron chi connectivity index (χ3n) is 5.55. The molecule has 0 saturated heterocycles. The quantitative estimate of drug-likeness (QED) is 0.233. The monoisotopic (exact) mass is 452 g/mol. The predicted molar refractivity (Wildman–Crippen MR) is 128 cm³/mol. The molecule has 2 atom stereocenters. The van der Waals surface area contributed by atoms with Crippen molar-refractivity contribution in [1.29, 1.82) is 0 Å². The van der Waals surface area contributed by atoms with Crippen molar-refractivity contribution >= 4 is 23.7 Å². The molecule has 0 fully saturated rings. The molecule has 0 heterocycles. The summed E-state index contributed by atoms with van der Waals surface area (Å²) >= 11 is 1.35. The summed E-state index contributed by atoms with van der Waals surface area (Å²) in [6.07, 6.45) is 12.7. The van der Waals surface area contributed by atoms with Crippen LogP contribution in [-0.4, -0.2) is 41.1 Å². The maximum Gasteiger partial charge on any atom is 0.334 e. The Morgan fingerprint density at radius 2 is 1.52 bits per heavy atom. The predicted octanol–water partition coefficient (Wildman–Crippen LogP) is 6.50. The lowest BCUT2D eigenvalue weighted by atomic mass is 9.96. The number of methoxy groups -OCH3 is 1. The average molecular weight is 453 g/mol. The summed E-state index contributed by atoms with van der Waals surface area (Å²) in [7, 11) is 1.40. The van der Waals surface area contributed by atoms with Gasteiger partial charge in [-0.05, 0) is 24.0 Å². The lowest BCUT2D eigenvalue weighted by molar-refractivity contribution is -0.148. The number of carbonyl (C=O) groups is 2. The molecule has 31 heavy (non-hydrogen) atoms. The van der Waals surface area contributed by atoms with Gasteiger partial charge in [0.05, 0.1) is 11.7 Å². The van der Waals surface area contributed by atoms with Crippen molar-refractivity contribution in [1.82, 2.24) is 0 Å². The van der Waals surface area contributed by atoms with Gasteiger partial charge in [-0.3, -0.25) is 4.79 Å². The molecule has 176 valence electrons. The topological polar surface area (TPSA) is 83.8 Å². The van der Waals surface area contributed by atoms with E-state index in [1.54, 1.807) is 0 Å². The minimum absolute atomic E-state index is 0.00215. The van der Waals surface area contributed by atoms with Gasteiger partial charge in [0.2, 0.25) is 0 Å². The molecular weight excluding hydrogens is 412 g/mol. The van der Waals surface area contributed by atoms with Crippen LogP contribution in [0, 0.1) is 0 Å². The third kappa shape index (κ3) is 11.6. The molecule has 1 rings (SSSR count). The zero-order chi connectivity index (χ0) is 22.9. The van der Waals surface area contributed by atoms with Crippen molar-refractivity contribution in [2.45, 2.75) is 95.3 Å². The van der Waals surface area contributed by atoms with Crippen molar-refractivity contribution in [3.05, 3.63) is 35.4 Å². The van der Waals surface area contributed by atoms with E-state index >= 15 is 0 Å². The molecule has 0 aromatic heterocycles. The maximum absolute atomic E-state index is 11.7. The smallest absolute Gasteiger partial charge is 0.334 e. The van der Waals surface area contributed by atoms with Crippen LogP contribution in [0.1, 0.15) is 93.9 Å². The second-order valence-corrected chi connectivity index (χ2v) is 9.31. The van der Waals surface area contributed by atoms with Crippen LogP contribution < -0.4 is 0 Å². The number of aliphatic carboxylic acids is 2. The number of hydrogen-bond donors (Lipinski definition) is 2. The van der Waals surface area contributed by atoms with Crippen LogP contribution in [-0.2, 0) is 20.7 Å². The van der Waals surface area contributed by atoms with E-state index in [1.165, 1.54) is 76.7 Å². The van der Waals surface area contributed by atoms with Gasteiger partial charge in [-0.25, -0.2) is 4.79 Å². The van der Waals surface area contributed by atoms with E-state index in [-0.39, 0.29) is 6.42 Å². The molecule has 6 heteroatoms.